The molecule has 0 radical (unpaired) electrons. The Labute approximate surface area is 96.4 Å². The van der Waals surface area contributed by atoms with Gasteiger partial charge in [0, 0.05) is 11.1 Å². The van der Waals surface area contributed by atoms with Crippen molar-refractivity contribution < 1.29 is 4.74 Å². The molecule has 15 heavy (non-hydrogen) atoms. The maximum absolute atomic E-state index is 5.89. The van der Waals surface area contributed by atoms with Gasteiger partial charge in [-0.05, 0) is 36.6 Å². The Morgan fingerprint density at radius 3 is 2.60 bits per heavy atom. The predicted octanol–water partition coefficient (Wildman–Crippen LogP) is 3.01. The molecule has 0 unspecified atom stereocenters. The summed E-state index contributed by atoms with van der Waals surface area (Å²) in [5, 5.41) is 0.730. The molecule has 1 aromatic carbocycles. The van der Waals surface area contributed by atoms with Crippen LogP contribution >= 0.6 is 11.6 Å². The molecule has 0 amide bonds. The number of rotatable bonds is 4. The van der Waals surface area contributed by atoms with E-state index in [2.05, 4.69) is 13.8 Å². The zero-order chi connectivity index (χ0) is 11.4. The monoisotopic (exact) mass is 227 g/mol. The van der Waals surface area contributed by atoms with Gasteiger partial charge in [0.15, 0.2) is 0 Å². The molecule has 2 nitrogen and oxygen atoms in total. The molecule has 0 saturated carbocycles. The Kier molecular flexibility index (Phi) is 4.43. The third-order valence-electron chi connectivity index (χ3n) is 2.42. The highest BCUT2D eigenvalue weighted by Gasteiger charge is 2.09. The van der Waals surface area contributed by atoms with Crippen molar-refractivity contribution in [2.75, 3.05) is 6.61 Å². The van der Waals surface area contributed by atoms with Crippen LogP contribution in [0.2, 0.25) is 5.02 Å². The summed E-state index contributed by atoms with van der Waals surface area (Å²) in [5.41, 5.74) is 6.93. The molecule has 0 heterocycles. The Balaban J connectivity index is 2.58. The molecule has 0 aliphatic carbocycles. The first kappa shape index (κ1) is 12.3. The highest BCUT2D eigenvalue weighted by atomic mass is 35.5. The summed E-state index contributed by atoms with van der Waals surface area (Å²) >= 11 is 5.85. The van der Waals surface area contributed by atoms with Crippen LogP contribution in [0.25, 0.3) is 0 Å². The molecule has 0 saturated heterocycles. The van der Waals surface area contributed by atoms with E-state index >= 15 is 0 Å². The minimum Gasteiger partial charge on any atom is -0.492 e. The number of aryl methyl sites for hydroxylation is 1. The minimum atomic E-state index is 0.0695. The highest BCUT2D eigenvalue weighted by molar-refractivity contribution is 6.30. The van der Waals surface area contributed by atoms with Gasteiger partial charge in [0.1, 0.15) is 12.4 Å². The maximum atomic E-state index is 5.89. The molecule has 3 heteroatoms. The number of nitrogens with two attached hydrogens (primary N) is 1. The Morgan fingerprint density at radius 2 is 2.07 bits per heavy atom. The van der Waals surface area contributed by atoms with Crippen molar-refractivity contribution in [3.63, 3.8) is 0 Å². The second kappa shape index (κ2) is 5.38. The normalized spacial score (nSPS) is 12.9. The van der Waals surface area contributed by atoms with Crippen LogP contribution in [-0.2, 0) is 0 Å². The lowest BCUT2D eigenvalue weighted by Gasteiger charge is -2.17. The topological polar surface area (TPSA) is 35.2 Å². The standard InChI is InChI=1S/C12H18ClNO/c1-8(2)11(14)7-15-12-5-4-10(13)6-9(12)3/h4-6,8,11H,7,14H2,1-3H3/t11-/m1/s1. The van der Waals surface area contributed by atoms with Crippen LogP contribution in [0.5, 0.6) is 5.75 Å². The fourth-order valence-corrected chi connectivity index (χ4v) is 1.38. The summed E-state index contributed by atoms with van der Waals surface area (Å²) in [5.74, 6) is 1.29. The van der Waals surface area contributed by atoms with Crippen LogP contribution in [0.1, 0.15) is 19.4 Å². The zero-order valence-corrected chi connectivity index (χ0v) is 10.2. The fraction of sp³-hybridized carbons (Fsp3) is 0.500. The van der Waals surface area contributed by atoms with Crippen LogP contribution in [-0.4, -0.2) is 12.6 Å². The Hall–Kier alpha value is -0.730. The highest BCUT2D eigenvalue weighted by Crippen LogP contribution is 2.22. The lowest BCUT2D eigenvalue weighted by atomic mass is 10.1. The van der Waals surface area contributed by atoms with Crippen molar-refractivity contribution in [1.82, 2.24) is 0 Å². The Morgan fingerprint density at radius 1 is 1.40 bits per heavy atom. The van der Waals surface area contributed by atoms with E-state index in [-0.39, 0.29) is 6.04 Å². The number of halogens is 1. The molecule has 1 rings (SSSR count). The van der Waals surface area contributed by atoms with Crippen molar-refractivity contribution in [3.05, 3.63) is 28.8 Å². The van der Waals surface area contributed by atoms with Gasteiger partial charge >= 0.3 is 0 Å². The SMILES string of the molecule is Cc1cc(Cl)ccc1OC[C@@H](N)C(C)C. The van der Waals surface area contributed by atoms with Gasteiger partial charge in [-0.2, -0.15) is 0 Å². The van der Waals surface area contributed by atoms with Crippen LogP contribution < -0.4 is 10.5 Å². The van der Waals surface area contributed by atoms with E-state index in [0.29, 0.717) is 12.5 Å². The van der Waals surface area contributed by atoms with Gasteiger partial charge in [-0.15, -0.1) is 0 Å². The van der Waals surface area contributed by atoms with Crippen molar-refractivity contribution >= 4 is 11.6 Å². The molecule has 1 atom stereocenters. The zero-order valence-electron chi connectivity index (χ0n) is 9.46. The number of ether oxygens (including phenoxy) is 1. The summed E-state index contributed by atoms with van der Waals surface area (Å²) in [6.45, 7) is 6.69. The molecule has 1 aromatic rings. The van der Waals surface area contributed by atoms with Gasteiger partial charge in [0.25, 0.3) is 0 Å². The Bertz CT molecular complexity index is 325. The third-order valence-corrected chi connectivity index (χ3v) is 2.66. The second-order valence-corrected chi connectivity index (χ2v) is 4.57. The lowest BCUT2D eigenvalue weighted by Crippen LogP contribution is -2.33. The maximum Gasteiger partial charge on any atom is 0.122 e. The van der Waals surface area contributed by atoms with E-state index in [1.165, 1.54) is 0 Å². The molecule has 0 aliphatic heterocycles. The summed E-state index contributed by atoms with van der Waals surface area (Å²) in [7, 11) is 0. The van der Waals surface area contributed by atoms with E-state index < -0.39 is 0 Å². The summed E-state index contributed by atoms with van der Waals surface area (Å²) < 4.78 is 5.63. The fourth-order valence-electron chi connectivity index (χ4n) is 1.15. The molecule has 2 N–H and O–H groups in total. The van der Waals surface area contributed by atoms with Gasteiger partial charge in [-0.1, -0.05) is 25.4 Å². The van der Waals surface area contributed by atoms with Crippen molar-refractivity contribution in [2.24, 2.45) is 11.7 Å². The van der Waals surface area contributed by atoms with Gasteiger partial charge in [0.2, 0.25) is 0 Å². The first-order valence-electron chi connectivity index (χ1n) is 5.15. The molecule has 0 aromatic heterocycles. The van der Waals surface area contributed by atoms with Crippen molar-refractivity contribution in [1.29, 1.82) is 0 Å². The molecule has 0 aliphatic rings. The van der Waals surface area contributed by atoms with E-state index in [4.69, 9.17) is 22.1 Å². The quantitative estimate of drug-likeness (QED) is 0.858. The van der Waals surface area contributed by atoms with E-state index in [1.54, 1.807) is 0 Å². The summed E-state index contributed by atoms with van der Waals surface area (Å²) in [4.78, 5) is 0. The molecule has 0 fully saturated rings. The molecular formula is C12H18ClNO. The van der Waals surface area contributed by atoms with Crippen LogP contribution in [0.4, 0.5) is 0 Å². The molecule has 84 valence electrons. The largest absolute Gasteiger partial charge is 0.492 e. The molecular weight excluding hydrogens is 210 g/mol. The average Bonchev–Trinajstić information content (AvgIpc) is 2.15. The summed E-state index contributed by atoms with van der Waals surface area (Å²) in [6, 6.07) is 5.66. The van der Waals surface area contributed by atoms with Gasteiger partial charge in [-0.25, -0.2) is 0 Å². The van der Waals surface area contributed by atoms with E-state index in [9.17, 15) is 0 Å². The van der Waals surface area contributed by atoms with Crippen molar-refractivity contribution in [3.8, 4) is 5.75 Å². The number of benzene rings is 1. The van der Waals surface area contributed by atoms with Gasteiger partial charge in [-0.3, -0.25) is 0 Å². The first-order valence-corrected chi connectivity index (χ1v) is 5.53. The lowest BCUT2D eigenvalue weighted by molar-refractivity contribution is 0.258. The van der Waals surface area contributed by atoms with Gasteiger partial charge in [0.05, 0.1) is 0 Å². The van der Waals surface area contributed by atoms with Gasteiger partial charge < -0.3 is 10.5 Å². The third kappa shape index (κ3) is 3.73. The first-order chi connectivity index (χ1) is 7.00. The smallest absolute Gasteiger partial charge is 0.122 e. The number of hydrogen-bond acceptors (Lipinski definition) is 2. The molecule has 0 spiro atoms. The van der Waals surface area contributed by atoms with Crippen LogP contribution in [0.15, 0.2) is 18.2 Å². The van der Waals surface area contributed by atoms with Crippen LogP contribution in [0, 0.1) is 12.8 Å². The van der Waals surface area contributed by atoms with E-state index in [1.807, 2.05) is 25.1 Å². The predicted molar refractivity (Wildman–Crippen MR) is 64.5 cm³/mol. The minimum absolute atomic E-state index is 0.0695. The summed E-state index contributed by atoms with van der Waals surface area (Å²) in [6.07, 6.45) is 0. The van der Waals surface area contributed by atoms with Crippen LogP contribution in [0.3, 0.4) is 0 Å². The number of hydrogen-bond donors (Lipinski definition) is 1. The average molecular weight is 228 g/mol. The van der Waals surface area contributed by atoms with E-state index in [0.717, 1.165) is 16.3 Å². The van der Waals surface area contributed by atoms with Crippen molar-refractivity contribution in [2.45, 2.75) is 26.8 Å². The molecule has 0 bridgehead atoms. The second-order valence-electron chi connectivity index (χ2n) is 4.13.